The molecule has 1 aromatic heterocycles. The number of H-pyrrole nitrogens is 1. The van der Waals surface area contributed by atoms with Gasteiger partial charge in [-0.1, -0.05) is 12.0 Å². The van der Waals surface area contributed by atoms with Gasteiger partial charge in [0.05, 0.1) is 23.2 Å². The quantitative estimate of drug-likeness (QED) is 0.607. The van der Waals surface area contributed by atoms with Crippen LogP contribution in [0, 0.1) is 12.3 Å². The Bertz CT molecular complexity index is 1080. The third kappa shape index (κ3) is 3.68. The molecular weight excluding hydrogens is 340 g/mol. The number of aromatic amines is 1. The average molecular weight is 354 g/mol. The zero-order valence-electron chi connectivity index (χ0n) is 13.0. The van der Waals surface area contributed by atoms with Gasteiger partial charge in [0.25, 0.3) is 5.91 Å². The van der Waals surface area contributed by atoms with Gasteiger partial charge in [-0.05, 0) is 36.4 Å². The number of benzene rings is 2. The summed E-state index contributed by atoms with van der Waals surface area (Å²) in [4.78, 5) is 12.4. The first-order chi connectivity index (χ1) is 12.0. The van der Waals surface area contributed by atoms with E-state index < -0.39 is 15.9 Å². The summed E-state index contributed by atoms with van der Waals surface area (Å²) >= 11 is 0. The predicted octanol–water partition coefficient (Wildman–Crippen LogP) is 1.73. The zero-order chi connectivity index (χ0) is 17.9. The van der Waals surface area contributed by atoms with Gasteiger partial charge in [0.1, 0.15) is 0 Å². The zero-order valence-corrected chi connectivity index (χ0v) is 13.8. The lowest BCUT2D eigenvalue weighted by Gasteiger charge is -2.08. The van der Waals surface area contributed by atoms with Crippen molar-refractivity contribution in [3.05, 3.63) is 54.2 Å². The Morgan fingerprint density at radius 3 is 2.88 bits per heavy atom. The van der Waals surface area contributed by atoms with Crippen LogP contribution in [0.25, 0.3) is 10.9 Å². The third-order valence-corrected chi connectivity index (χ3v) is 4.87. The highest BCUT2D eigenvalue weighted by Crippen LogP contribution is 2.18. The Morgan fingerprint density at radius 1 is 1.24 bits per heavy atom. The molecule has 0 aliphatic rings. The van der Waals surface area contributed by atoms with Crippen molar-refractivity contribution >= 4 is 32.5 Å². The molecule has 3 rings (SSSR count). The number of sulfonamides is 1. The Kier molecular flexibility index (Phi) is 4.52. The normalized spacial score (nSPS) is 11.2. The minimum Gasteiger partial charge on any atom is -0.322 e. The van der Waals surface area contributed by atoms with Crippen LogP contribution >= 0.6 is 0 Å². The fraction of sp³-hybridized carbons (Fsp3) is 0.0588. The van der Waals surface area contributed by atoms with E-state index in [1.807, 2.05) is 6.07 Å². The fourth-order valence-corrected chi connectivity index (χ4v) is 3.22. The van der Waals surface area contributed by atoms with E-state index in [2.05, 4.69) is 26.2 Å². The highest BCUT2D eigenvalue weighted by atomic mass is 32.2. The molecule has 0 saturated carbocycles. The monoisotopic (exact) mass is 354 g/mol. The lowest BCUT2D eigenvalue weighted by atomic mass is 10.2. The number of carbonyl (C=O) groups excluding carboxylic acids is 1. The van der Waals surface area contributed by atoms with Crippen LogP contribution in [0.1, 0.15) is 10.4 Å². The van der Waals surface area contributed by atoms with Crippen molar-refractivity contribution in [2.75, 3.05) is 11.9 Å². The van der Waals surface area contributed by atoms with Crippen LogP contribution in [-0.2, 0) is 10.0 Å². The number of hydrogen-bond donors (Lipinski definition) is 3. The number of nitrogens with one attached hydrogen (secondary N) is 3. The molecule has 0 aliphatic heterocycles. The predicted molar refractivity (Wildman–Crippen MR) is 94.5 cm³/mol. The highest BCUT2D eigenvalue weighted by molar-refractivity contribution is 7.89. The third-order valence-electron chi connectivity index (χ3n) is 3.47. The van der Waals surface area contributed by atoms with Crippen LogP contribution in [0.4, 0.5) is 5.69 Å². The molecule has 3 N–H and O–H groups in total. The van der Waals surface area contributed by atoms with Gasteiger partial charge in [0, 0.05) is 16.6 Å². The van der Waals surface area contributed by atoms with Crippen LogP contribution in [0.2, 0.25) is 0 Å². The van der Waals surface area contributed by atoms with E-state index in [1.165, 1.54) is 24.3 Å². The molecule has 0 saturated heterocycles. The van der Waals surface area contributed by atoms with E-state index in [0.717, 1.165) is 10.9 Å². The van der Waals surface area contributed by atoms with E-state index in [1.54, 1.807) is 18.3 Å². The summed E-state index contributed by atoms with van der Waals surface area (Å²) in [6.45, 7) is -0.122. The van der Waals surface area contributed by atoms with E-state index in [4.69, 9.17) is 6.42 Å². The standard InChI is InChI=1S/C17H14N4O3S/c1-2-8-19-25(23,24)15-5-3-4-12(9-15)17(22)20-14-7-6-13-11-18-21-16(13)10-14/h1,3-7,9-11,19H,8H2,(H,18,21)(H,20,22). The number of nitrogens with zero attached hydrogens (tertiary/aromatic N) is 1. The molecule has 0 atom stereocenters. The summed E-state index contributed by atoms with van der Waals surface area (Å²) in [6, 6.07) is 11.0. The largest absolute Gasteiger partial charge is 0.322 e. The fourth-order valence-electron chi connectivity index (χ4n) is 2.24. The number of hydrogen-bond acceptors (Lipinski definition) is 4. The topological polar surface area (TPSA) is 104 Å². The van der Waals surface area contributed by atoms with Gasteiger partial charge >= 0.3 is 0 Å². The molecule has 0 unspecified atom stereocenters. The summed E-state index contributed by atoms with van der Waals surface area (Å²) in [5, 5.41) is 10.4. The molecule has 0 bridgehead atoms. The van der Waals surface area contributed by atoms with Crippen molar-refractivity contribution in [2.24, 2.45) is 0 Å². The Labute approximate surface area is 144 Å². The number of terminal acetylenes is 1. The first-order valence-electron chi connectivity index (χ1n) is 7.27. The molecule has 3 aromatic rings. The average Bonchev–Trinajstić information content (AvgIpc) is 3.08. The smallest absolute Gasteiger partial charge is 0.255 e. The SMILES string of the molecule is C#CCNS(=O)(=O)c1cccc(C(=O)Nc2ccc3cn[nH]c3c2)c1. The second-order valence-electron chi connectivity index (χ2n) is 5.18. The van der Waals surface area contributed by atoms with Crippen molar-refractivity contribution in [3.63, 3.8) is 0 Å². The lowest BCUT2D eigenvalue weighted by Crippen LogP contribution is -2.24. The van der Waals surface area contributed by atoms with Gasteiger partial charge in [0.2, 0.25) is 10.0 Å². The summed E-state index contributed by atoms with van der Waals surface area (Å²) in [6.07, 6.45) is 6.74. The van der Waals surface area contributed by atoms with Crippen molar-refractivity contribution in [3.8, 4) is 12.3 Å². The number of rotatable bonds is 5. The molecule has 8 heteroatoms. The van der Waals surface area contributed by atoms with Gasteiger partial charge in [-0.15, -0.1) is 6.42 Å². The molecule has 0 radical (unpaired) electrons. The first kappa shape index (κ1) is 16.7. The van der Waals surface area contributed by atoms with Crippen LogP contribution in [-0.4, -0.2) is 31.1 Å². The maximum Gasteiger partial charge on any atom is 0.255 e. The Balaban J connectivity index is 1.82. The Hall–Kier alpha value is -3.15. The summed E-state index contributed by atoms with van der Waals surface area (Å²) in [7, 11) is -3.76. The molecule has 1 amide bonds. The molecule has 2 aromatic carbocycles. The van der Waals surface area contributed by atoms with Gasteiger partial charge in [-0.2, -0.15) is 9.82 Å². The van der Waals surface area contributed by atoms with Gasteiger partial charge < -0.3 is 5.32 Å². The summed E-state index contributed by atoms with van der Waals surface area (Å²) < 4.78 is 26.4. The Morgan fingerprint density at radius 2 is 2.08 bits per heavy atom. The van der Waals surface area contributed by atoms with Gasteiger partial charge in [-0.25, -0.2) is 8.42 Å². The van der Waals surface area contributed by atoms with E-state index >= 15 is 0 Å². The first-order valence-corrected chi connectivity index (χ1v) is 8.75. The van der Waals surface area contributed by atoms with Crippen LogP contribution in [0.15, 0.2) is 53.6 Å². The lowest BCUT2D eigenvalue weighted by molar-refractivity contribution is 0.102. The van der Waals surface area contributed by atoms with E-state index in [9.17, 15) is 13.2 Å². The molecule has 1 heterocycles. The second-order valence-corrected chi connectivity index (χ2v) is 6.95. The molecule has 0 spiro atoms. The van der Waals surface area contributed by atoms with Crippen LogP contribution in [0.5, 0.6) is 0 Å². The van der Waals surface area contributed by atoms with Crippen molar-refractivity contribution in [1.29, 1.82) is 0 Å². The maximum atomic E-state index is 12.4. The molecule has 25 heavy (non-hydrogen) atoms. The number of fused-ring (bicyclic) bond motifs is 1. The van der Waals surface area contributed by atoms with Crippen molar-refractivity contribution < 1.29 is 13.2 Å². The number of amides is 1. The number of anilines is 1. The second kappa shape index (κ2) is 6.76. The number of aromatic nitrogens is 2. The van der Waals surface area contributed by atoms with E-state index in [0.29, 0.717) is 5.69 Å². The molecule has 0 aliphatic carbocycles. The molecular formula is C17H14N4O3S. The number of carbonyl (C=O) groups is 1. The highest BCUT2D eigenvalue weighted by Gasteiger charge is 2.15. The molecule has 7 nitrogen and oxygen atoms in total. The van der Waals surface area contributed by atoms with Crippen molar-refractivity contribution in [2.45, 2.75) is 4.90 Å². The molecule has 0 fully saturated rings. The van der Waals surface area contributed by atoms with Crippen LogP contribution < -0.4 is 10.0 Å². The minimum atomic E-state index is -3.76. The summed E-state index contributed by atoms with van der Waals surface area (Å²) in [5.41, 5.74) is 1.57. The summed E-state index contributed by atoms with van der Waals surface area (Å²) in [5.74, 6) is 1.78. The maximum absolute atomic E-state index is 12.4. The van der Waals surface area contributed by atoms with Crippen molar-refractivity contribution in [1.82, 2.24) is 14.9 Å². The van der Waals surface area contributed by atoms with Crippen LogP contribution in [0.3, 0.4) is 0 Å². The van der Waals surface area contributed by atoms with E-state index in [-0.39, 0.29) is 17.0 Å². The van der Waals surface area contributed by atoms with Gasteiger partial charge in [0.15, 0.2) is 0 Å². The molecule has 126 valence electrons. The van der Waals surface area contributed by atoms with Gasteiger partial charge in [-0.3, -0.25) is 9.89 Å². The minimum absolute atomic E-state index is 0.0283.